The quantitative estimate of drug-likeness (QED) is 0.511. The Kier molecular flexibility index (Phi) is 5.03. The van der Waals surface area contributed by atoms with Gasteiger partial charge in [-0.15, -0.1) is 0 Å². The average Bonchev–Trinajstić information content (AvgIpc) is 2.37. The molecule has 0 atom stereocenters. The van der Waals surface area contributed by atoms with E-state index in [1.807, 2.05) is 6.07 Å². The van der Waals surface area contributed by atoms with Crippen LogP contribution in [0.2, 0.25) is 0 Å². The van der Waals surface area contributed by atoms with Gasteiger partial charge < -0.3 is 10.5 Å². The first kappa shape index (κ1) is 13.8. The maximum Gasteiger partial charge on any atom is 0.0673 e. The average molecular weight is 358 g/mol. The Hall–Kier alpha value is -0.590. The molecule has 0 radical (unpaired) electrons. The van der Waals surface area contributed by atoms with Crippen LogP contribution in [-0.4, -0.2) is 31.7 Å². The van der Waals surface area contributed by atoms with Gasteiger partial charge in [-0.05, 0) is 52.3 Å². The van der Waals surface area contributed by atoms with Crippen molar-refractivity contribution in [3.05, 3.63) is 39.0 Å². The largest absolute Gasteiger partial charge is 0.398 e. The molecule has 3 nitrogen and oxygen atoms in total. The number of halogens is 1. The van der Waals surface area contributed by atoms with Gasteiger partial charge in [0.1, 0.15) is 0 Å². The standard InChI is InChI=1S/C14H19IN2O/c1-18-10-11-4-6-17(7-5-11)9-12-2-3-14(16)13(15)8-12/h2-4,8H,5-7,9-10,16H2,1H3. The zero-order chi connectivity index (χ0) is 13.0. The maximum absolute atomic E-state index is 5.83. The summed E-state index contributed by atoms with van der Waals surface area (Å²) in [6.45, 7) is 3.89. The first-order valence-corrected chi connectivity index (χ1v) is 7.20. The third kappa shape index (κ3) is 3.70. The Labute approximate surface area is 122 Å². The topological polar surface area (TPSA) is 38.5 Å². The van der Waals surface area contributed by atoms with Gasteiger partial charge in [0.25, 0.3) is 0 Å². The highest BCUT2D eigenvalue weighted by Crippen LogP contribution is 2.19. The van der Waals surface area contributed by atoms with Crippen LogP contribution < -0.4 is 5.73 Å². The number of nitrogens with two attached hydrogens (primary N) is 1. The van der Waals surface area contributed by atoms with Gasteiger partial charge in [0, 0.05) is 36.0 Å². The number of anilines is 1. The predicted molar refractivity (Wildman–Crippen MR) is 83.4 cm³/mol. The van der Waals surface area contributed by atoms with Crippen molar-refractivity contribution in [1.29, 1.82) is 0 Å². The summed E-state index contributed by atoms with van der Waals surface area (Å²) in [6, 6.07) is 6.28. The molecule has 0 unspecified atom stereocenters. The number of methoxy groups -OCH3 is 1. The molecule has 0 saturated carbocycles. The van der Waals surface area contributed by atoms with E-state index in [1.165, 1.54) is 11.1 Å². The SMILES string of the molecule is COCC1=CCN(Cc2ccc(N)c(I)c2)CC1. The van der Waals surface area contributed by atoms with Gasteiger partial charge in [0.2, 0.25) is 0 Å². The van der Waals surface area contributed by atoms with Crippen LogP contribution in [0.15, 0.2) is 29.8 Å². The fraction of sp³-hybridized carbons (Fsp3) is 0.429. The number of hydrogen-bond acceptors (Lipinski definition) is 3. The summed E-state index contributed by atoms with van der Waals surface area (Å²) in [4.78, 5) is 2.45. The molecule has 2 N–H and O–H groups in total. The number of rotatable bonds is 4. The normalized spacial score (nSPS) is 16.7. The van der Waals surface area contributed by atoms with E-state index >= 15 is 0 Å². The molecule has 98 valence electrons. The molecule has 0 saturated heterocycles. The second kappa shape index (κ2) is 6.54. The Morgan fingerprint density at radius 3 is 2.89 bits per heavy atom. The van der Waals surface area contributed by atoms with E-state index in [0.717, 1.165) is 41.9 Å². The lowest BCUT2D eigenvalue weighted by atomic mass is 10.1. The molecule has 0 amide bonds. The Morgan fingerprint density at radius 2 is 2.28 bits per heavy atom. The molecule has 0 aliphatic carbocycles. The molecule has 1 aliphatic rings. The van der Waals surface area contributed by atoms with E-state index in [0.29, 0.717) is 0 Å². The lowest BCUT2D eigenvalue weighted by Crippen LogP contribution is -2.29. The molecule has 1 aromatic carbocycles. The van der Waals surface area contributed by atoms with Crippen LogP contribution in [0.5, 0.6) is 0 Å². The minimum Gasteiger partial charge on any atom is -0.398 e. The molecule has 4 heteroatoms. The van der Waals surface area contributed by atoms with Gasteiger partial charge in [-0.2, -0.15) is 0 Å². The van der Waals surface area contributed by atoms with Crippen molar-refractivity contribution in [2.45, 2.75) is 13.0 Å². The number of hydrogen-bond donors (Lipinski definition) is 1. The summed E-state index contributed by atoms with van der Waals surface area (Å²) in [6.07, 6.45) is 3.40. The van der Waals surface area contributed by atoms with Crippen LogP contribution in [0.4, 0.5) is 5.69 Å². The van der Waals surface area contributed by atoms with Crippen LogP contribution in [0.1, 0.15) is 12.0 Å². The highest BCUT2D eigenvalue weighted by molar-refractivity contribution is 14.1. The lowest BCUT2D eigenvalue weighted by molar-refractivity contribution is 0.210. The van der Waals surface area contributed by atoms with Crippen LogP contribution in [0.25, 0.3) is 0 Å². The molecule has 0 fully saturated rings. The Bertz CT molecular complexity index is 445. The molecule has 18 heavy (non-hydrogen) atoms. The molecule has 2 rings (SSSR count). The van der Waals surface area contributed by atoms with Gasteiger partial charge >= 0.3 is 0 Å². The van der Waals surface area contributed by atoms with Gasteiger partial charge in [0.05, 0.1) is 6.61 Å². The second-order valence-electron chi connectivity index (χ2n) is 4.64. The molecule has 1 heterocycles. The summed E-state index contributed by atoms with van der Waals surface area (Å²) < 4.78 is 6.30. The maximum atomic E-state index is 5.83. The van der Waals surface area contributed by atoms with Crippen molar-refractivity contribution in [2.75, 3.05) is 32.5 Å². The number of nitrogens with zero attached hydrogens (tertiary/aromatic N) is 1. The molecule has 1 aromatic rings. The lowest BCUT2D eigenvalue weighted by Gasteiger charge is -2.26. The van der Waals surface area contributed by atoms with Gasteiger partial charge in [-0.1, -0.05) is 12.1 Å². The van der Waals surface area contributed by atoms with Crippen molar-refractivity contribution in [3.63, 3.8) is 0 Å². The van der Waals surface area contributed by atoms with Crippen molar-refractivity contribution in [1.82, 2.24) is 4.90 Å². The highest BCUT2D eigenvalue weighted by Gasteiger charge is 2.12. The number of ether oxygens (including phenoxy) is 1. The third-order valence-corrected chi connectivity index (χ3v) is 4.12. The van der Waals surface area contributed by atoms with Gasteiger partial charge in [0.15, 0.2) is 0 Å². The molecular weight excluding hydrogens is 339 g/mol. The number of benzene rings is 1. The van der Waals surface area contributed by atoms with Gasteiger partial charge in [-0.25, -0.2) is 0 Å². The van der Waals surface area contributed by atoms with Crippen molar-refractivity contribution in [2.24, 2.45) is 0 Å². The smallest absolute Gasteiger partial charge is 0.0673 e. The Morgan fingerprint density at radius 1 is 1.44 bits per heavy atom. The second-order valence-corrected chi connectivity index (χ2v) is 5.80. The Balaban J connectivity index is 1.93. The summed E-state index contributed by atoms with van der Waals surface area (Å²) in [5.41, 5.74) is 9.44. The molecule has 0 bridgehead atoms. The van der Waals surface area contributed by atoms with Crippen LogP contribution in [0, 0.1) is 3.57 Å². The summed E-state index contributed by atoms with van der Waals surface area (Å²) in [5.74, 6) is 0. The third-order valence-electron chi connectivity index (χ3n) is 3.19. The van der Waals surface area contributed by atoms with Crippen LogP contribution in [-0.2, 0) is 11.3 Å². The monoisotopic (exact) mass is 358 g/mol. The zero-order valence-corrected chi connectivity index (χ0v) is 12.8. The van der Waals surface area contributed by atoms with Crippen LogP contribution >= 0.6 is 22.6 Å². The van der Waals surface area contributed by atoms with E-state index in [-0.39, 0.29) is 0 Å². The van der Waals surface area contributed by atoms with Gasteiger partial charge in [-0.3, -0.25) is 4.90 Å². The predicted octanol–water partition coefficient (Wildman–Crippen LogP) is 2.65. The van der Waals surface area contributed by atoms with Crippen molar-refractivity contribution >= 4 is 28.3 Å². The van der Waals surface area contributed by atoms with Crippen LogP contribution in [0.3, 0.4) is 0 Å². The van der Waals surface area contributed by atoms with E-state index in [4.69, 9.17) is 10.5 Å². The molecule has 0 spiro atoms. The number of nitrogen functional groups attached to an aromatic ring is 1. The van der Waals surface area contributed by atoms with E-state index < -0.39 is 0 Å². The molecule has 0 aromatic heterocycles. The fourth-order valence-corrected chi connectivity index (χ4v) is 2.72. The molecular formula is C14H19IN2O. The minimum absolute atomic E-state index is 0.771. The zero-order valence-electron chi connectivity index (χ0n) is 10.7. The fourth-order valence-electron chi connectivity index (χ4n) is 2.14. The van der Waals surface area contributed by atoms with E-state index in [2.05, 4.69) is 45.7 Å². The summed E-state index contributed by atoms with van der Waals surface area (Å²) in [7, 11) is 1.75. The van der Waals surface area contributed by atoms with E-state index in [9.17, 15) is 0 Å². The first-order valence-electron chi connectivity index (χ1n) is 6.12. The van der Waals surface area contributed by atoms with Crippen molar-refractivity contribution in [3.8, 4) is 0 Å². The summed E-state index contributed by atoms with van der Waals surface area (Å²) >= 11 is 2.29. The minimum atomic E-state index is 0.771. The molecule has 1 aliphatic heterocycles. The summed E-state index contributed by atoms with van der Waals surface area (Å²) in [5, 5.41) is 0. The van der Waals surface area contributed by atoms with E-state index in [1.54, 1.807) is 7.11 Å². The highest BCUT2D eigenvalue weighted by atomic mass is 127. The first-order chi connectivity index (χ1) is 8.69. The van der Waals surface area contributed by atoms with Crippen molar-refractivity contribution < 1.29 is 4.74 Å².